The SMILES string of the molecule is CCC(C)NC(=NCCc1ccco1)NC1CCN(c2ccccn2)C1. The smallest absolute Gasteiger partial charge is 0.191 e. The summed E-state index contributed by atoms with van der Waals surface area (Å²) in [4.78, 5) is 11.5. The molecule has 6 nitrogen and oxygen atoms in total. The second-order valence-electron chi connectivity index (χ2n) is 6.78. The van der Waals surface area contributed by atoms with Gasteiger partial charge in [-0.05, 0) is 44.0 Å². The number of aromatic nitrogens is 1. The third-order valence-electron chi connectivity index (χ3n) is 4.71. The number of pyridine rings is 1. The summed E-state index contributed by atoms with van der Waals surface area (Å²) in [6.07, 6.45) is 6.51. The lowest BCUT2D eigenvalue weighted by Crippen LogP contribution is -2.47. The van der Waals surface area contributed by atoms with Crippen LogP contribution in [0.1, 0.15) is 32.4 Å². The Bertz CT molecular complexity index is 671. The Morgan fingerprint density at radius 3 is 3.04 bits per heavy atom. The maximum Gasteiger partial charge on any atom is 0.191 e. The van der Waals surface area contributed by atoms with Crippen LogP contribution < -0.4 is 15.5 Å². The van der Waals surface area contributed by atoms with Crippen LogP contribution in [0.15, 0.2) is 52.2 Å². The van der Waals surface area contributed by atoms with Gasteiger partial charge in [0.2, 0.25) is 0 Å². The first kappa shape index (κ1) is 18.3. The van der Waals surface area contributed by atoms with Crippen LogP contribution in [0.4, 0.5) is 5.82 Å². The minimum Gasteiger partial charge on any atom is -0.469 e. The topological polar surface area (TPSA) is 65.7 Å². The molecule has 1 aliphatic heterocycles. The monoisotopic (exact) mass is 355 g/mol. The van der Waals surface area contributed by atoms with E-state index < -0.39 is 0 Å². The summed E-state index contributed by atoms with van der Waals surface area (Å²) in [5, 5.41) is 7.10. The zero-order chi connectivity index (χ0) is 18.2. The molecule has 26 heavy (non-hydrogen) atoms. The molecular formula is C20H29N5O. The molecule has 0 amide bonds. The third-order valence-corrected chi connectivity index (χ3v) is 4.71. The molecule has 3 heterocycles. The number of aliphatic imine (C=N–C) groups is 1. The predicted molar refractivity (Wildman–Crippen MR) is 106 cm³/mol. The van der Waals surface area contributed by atoms with Crippen LogP contribution in [-0.4, -0.2) is 42.7 Å². The Hall–Kier alpha value is -2.50. The minimum atomic E-state index is 0.371. The van der Waals surface area contributed by atoms with E-state index >= 15 is 0 Å². The molecule has 2 aromatic rings. The van der Waals surface area contributed by atoms with Crippen molar-refractivity contribution < 1.29 is 4.42 Å². The van der Waals surface area contributed by atoms with Gasteiger partial charge in [0.05, 0.1) is 6.26 Å². The number of guanidine groups is 1. The van der Waals surface area contributed by atoms with Crippen molar-refractivity contribution in [1.29, 1.82) is 0 Å². The van der Waals surface area contributed by atoms with Gasteiger partial charge in [-0.25, -0.2) is 4.98 Å². The molecule has 140 valence electrons. The largest absolute Gasteiger partial charge is 0.469 e. The Morgan fingerprint density at radius 1 is 1.38 bits per heavy atom. The van der Waals surface area contributed by atoms with Crippen molar-refractivity contribution in [2.75, 3.05) is 24.5 Å². The number of nitrogens with zero attached hydrogens (tertiary/aromatic N) is 3. The van der Waals surface area contributed by atoms with Crippen LogP contribution in [0, 0.1) is 0 Å². The van der Waals surface area contributed by atoms with E-state index in [0.29, 0.717) is 18.6 Å². The summed E-state index contributed by atoms with van der Waals surface area (Å²) in [7, 11) is 0. The van der Waals surface area contributed by atoms with Crippen LogP contribution >= 0.6 is 0 Å². The molecule has 2 unspecified atom stereocenters. The van der Waals surface area contributed by atoms with Gasteiger partial charge in [0.25, 0.3) is 0 Å². The lowest BCUT2D eigenvalue weighted by atomic mass is 10.2. The Labute approximate surface area is 155 Å². The van der Waals surface area contributed by atoms with Crippen LogP contribution in [0.3, 0.4) is 0 Å². The molecule has 0 spiro atoms. The van der Waals surface area contributed by atoms with E-state index in [9.17, 15) is 0 Å². The third kappa shape index (κ3) is 5.25. The van der Waals surface area contributed by atoms with Crippen molar-refractivity contribution in [3.05, 3.63) is 48.6 Å². The Kier molecular flexibility index (Phi) is 6.52. The molecular weight excluding hydrogens is 326 g/mol. The molecule has 2 aromatic heterocycles. The van der Waals surface area contributed by atoms with Gasteiger partial charge in [0.15, 0.2) is 5.96 Å². The quantitative estimate of drug-likeness (QED) is 0.591. The molecule has 1 fully saturated rings. The van der Waals surface area contributed by atoms with Crippen LogP contribution in [0.2, 0.25) is 0 Å². The average Bonchev–Trinajstić information content (AvgIpc) is 3.34. The fraction of sp³-hybridized carbons (Fsp3) is 0.500. The van der Waals surface area contributed by atoms with E-state index in [0.717, 1.165) is 49.9 Å². The van der Waals surface area contributed by atoms with Gasteiger partial charge in [-0.2, -0.15) is 0 Å². The highest BCUT2D eigenvalue weighted by Crippen LogP contribution is 2.17. The molecule has 3 rings (SSSR count). The predicted octanol–water partition coefficient (Wildman–Crippen LogP) is 2.83. The van der Waals surface area contributed by atoms with Gasteiger partial charge >= 0.3 is 0 Å². The summed E-state index contributed by atoms with van der Waals surface area (Å²) in [5.74, 6) is 2.90. The minimum absolute atomic E-state index is 0.371. The summed E-state index contributed by atoms with van der Waals surface area (Å²) in [6.45, 7) is 7.01. The summed E-state index contributed by atoms with van der Waals surface area (Å²) < 4.78 is 5.39. The number of hydrogen-bond donors (Lipinski definition) is 2. The van der Waals surface area contributed by atoms with Gasteiger partial charge in [-0.1, -0.05) is 13.0 Å². The molecule has 0 bridgehead atoms. The second-order valence-corrected chi connectivity index (χ2v) is 6.78. The molecule has 0 aliphatic carbocycles. The number of furan rings is 1. The first-order valence-corrected chi connectivity index (χ1v) is 9.50. The van der Waals surface area contributed by atoms with Gasteiger partial charge in [-0.15, -0.1) is 0 Å². The van der Waals surface area contributed by atoms with Crippen LogP contribution in [-0.2, 0) is 6.42 Å². The first-order chi connectivity index (χ1) is 12.7. The molecule has 0 radical (unpaired) electrons. The maximum absolute atomic E-state index is 5.39. The second kappa shape index (κ2) is 9.27. The number of hydrogen-bond acceptors (Lipinski definition) is 4. The highest BCUT2D eigenvalue weighted by atomic mass is 16.3. The van der Waals surface area contributed by atoms with Crippen molar-refractivity contribution in [3.63, 3.8) is 0 Å². The Morgan fingerprint density at radius 2 is 2.31 bits per heavy atom. The van der Waals surface area contributed by atoms with E-state index in [-0.39, 0.29) is 0 Å². The van der Waals surface area contributed by atoms with Gasteiger partial charge in [-0.3, -0.25) is 4.99 Å². The van der Waals surface area contributed by atoms with Gasteiger partial charge < -0.3 is 20.0 Å². The zero-order valence-electron chi connectivity index (χ0n) is 15.7. The van der Waals surface area contributed by atoms with E-state index in [4.69, 9.17) is 9.41 Å². The lowest BCUT2D eigenvalue weighted by Gasteiger charge is -2.21. The van der Waals surface area contributed by atoms with Gasteiger partial charge in [0.1, 0.15) is 11.6 Å². The summed E-state index contributed by atoms with van der Waals surface area (Å²) in [6, 6.07) is 10.7. The molecule has 6 heteroatoms. The molecule has 0 aromatic carbocycles. The van der Waals surface area contributed by atoms with Crippen molar-refractivity contribution >= 4 is 11.8 Å². The van der Waals surface area contributed by atoms with Crippen molar-refractivity contribution in [1.82, 2.24) is 15.6 Å². The van der Waals surface area contributed by atoms with Crippen LogP contribution in [0.25, 0.3) is 0 Å². The van der Waals surface area contributed by atoms with E-state index in [2.05, 4.69) is 40.4 Å². The number of nitrogens with one attached hydrogen (secondary N) is 2. The van der Waals surface area contributed by atoms with Crippen molar-refractivity contribution in [3.8, 4) is 0 Å². The maximum atomic E-state index is 5.39. The number of anilines is 1. The summed E-state index contributed by atoms with van der Waals surface area (Å²) >= 11 is 0. The highest BCUT2D eigenvalue weighted by Gasteiger charge is 2.24. The fourth-order valence-corrected chi connectivity index (χ4v) is 3.02. The first-order valence-electron chi connectivity index (χ1n) is 9.50. The normalized spacial score (nSPS) is 18.8. The van der Waals surface area contributed by atoms with E-state index in [1.807, 2.05) is 30.5 Å². The molecule has 2 N–H and O–H groups in total. The molecule has 1 aliphatic rings. The van der Waals surface area contributed by atoms with Gasteiger partial charge in [0, 0.05) is 44.3 Å². The Balaban J connectivity index is 1.56. The van der Waals surface area contributed by atoms with Crippen molar-refractivity contribution in [2.45, 2.75) is 45.2 Å². The van der Waals surface area contributed by atoms with Crippen LogP contribution in [0.5, 0.6) is 0 Å². The lowest BCUT2D eigenvalue weighted by molar-refractivity contribution is 0.510. The zero-order valence-corrected chi connectivity index (χ0v) is 15.7. The molecule has 0 saturated carbocycles. The van der Waals surface area contributed by atoms with E-state index in [1.165, 1.54) is 0 Å². The molecule has 2 atom stereocenters. The number of rotatable bonds is 7. The van der Waals surface area contributed by atoms with Crippen molar-refractivity contribution in [2.24, 2.45) is 4.99 Å². The van der Waals surface area contributed by atoms with E-state index in [1.54, 1.807) is 6.26 Å². The standard InChI is InChI=1S/C20H29N5O/c1-3-16(2)23-20(22-12-9-18-7-6-14-26-18)24-17-10-13-25(15-17)19-8-4-5-11-21-19/h4-8,11,14,16-17H,3,9-10,12-13,15H2,1-2H3,(H2,22,23,24). The summed E-state index contributed by atoms with van der Waals surface area (Å²) in [5.41, 5.74) is 0. The molecule has 1 saturated heterocycles. The fourth-order valence-electron chi connectivity index (χ4n) is 3.02. The average molecular weight is 355 g/mol. The highest BCUT2D eigenvalue weighted by molar-refractivity contribution is 5.80.